The molecule has 3 aliphatic rings. The summed E-state index contributed by atoms with van der Waals surface area (Å²) >= 11 is 0. The van der Waals surface area contributed by atoms with Crippen LogP contribution in [0.1, 0.15) is 0 Å². The van der Waals surface area contributed by atoms with Crippen LogP contribution in [0.5, 0.6) is 0 Å². The third-order valence-electron chi connectivity index (χ3n) is 2.60. The maximum atomic E-state index is 3.52. The van der Waals surface area contributed by atoms with Gasteiger partial charge >= 0.3 is 0 Å². The fraction of sp³-hybridized carbons (Fsp3) is 0.500. The number of hydrogen-bond donors (Lipinski definition) is 1. The van der Waals surface area contributed by atoms with Gasteiger partial charge in [0.05, 0.1) is 0 Å². The Labute approximate surface area is 54.4 Å². The molecule has 0 amide bonds. The molecule has 0 aromatic heterocycles. The molecular formula is C8H9N. The van der Waals surface area contributed by atoms with Crippen molar-refractivity contribution in [3.63, 3.8) is 0 Å². The average molecular weight is 119 g/mol. The van der Waals surface area contributed by atoms with Crippen molar-refractivity contribution >= 4 is 0 Å². The lowest BCUT2D eigenvalue weighted by Gasteiger charge is -2.15. The van der Waals surface area contributed by atoms with Crippen LogP contribution in [0.2, 0.25) is 0 Å². The molecule has 3 rings (SSSR count). The molecule has 9 heavy (non-hydrogen) atoms. The molecule has 2 heterocycles. The molecule has 2 bridgehead atoms. The van der Waals surface area contributed by atoms with Crippen LogP contribution in [-0.2, 0) is 0 Å². The lowest BCUT2D eigenvalue weighted by atomic mass is 10.1. The summed E-state index contributed by atoms with van der Waals surface area (Å²) in [6, 6.07) is 1.37. The molecule has 0 spiro atoms. The molecule has 1 nitrogen and oxygen atoms in total. The Balaban J connectivity index is 2.15. The third kappa shape index (κ3) is 0.401. The van der Waals surface area contributed by atoms with Gasteiger partial charge in [-0.3, -0.25) is 0 Å². The van der Waals surface area contributed by atoms with Crippen molar-refractivity contribution in [1.29, 1.82) is 0 Å². The molecule has 0 aromatic rings. The van der Waals surface area contributed by atoms with Crippen molar-refractivity contribution in [3.8, 4) is 0 Å². The van der Waals surface area contributed by atoms with E-state index in [1.165, 1.54) is 0 Å². The fourth-order valence-electron chi connectivity index (χ4n) is 1.97. The Bertz CT molecular complexity index is 185. The number of rotatable bonds is 0. The van der Waals surface area contributed by atoms with Gasteiger partial charge in [0.1, 0.15) is 0 Å². The molecule has 1 N–H and O–H groups in total. The predicted octanol–water partition coefficient (Wildman–Crippen LogP) is 0.699. The lowest BCUT2D eigenvalue weighted by molar-refractivity contribution is 0.607. The van der Waals surface area contributed by atoms with Gasteiger partial charge in [-0.2, -0.15) is 0 Å². The van der Waals surface area contributed by atoms with Crippen LogP contribution in [0.4, 0.5) is 0 Å². The van der Waals surface area contributed by atoms with Gasteiger partial charge in [0.2, 0.25) is 0 Å². The molecule has 1 heteroatoms. The zero-order chi connectivity index (χ0) is 5.84. The molecular weight excluding hydrogens is 110 g/mol. The Morgan fingerprint density at radius 1 is 0.889 bits per heavy atom. The summed E-state index contributed by atoms with van der Waals surface area (Å²) in [7, 11) is 0. The lowest BCUT2D eigenvalue weighted by Crippen LogP contribution is -2.32. The second-order valence-electron chi connectivity index (χ2n) is 3.14. The van der Waals surface area contributed by atoms with Gasteiger partial charge in [-0.1, -0.05) is 24.3 Å². The molecule has 0 radical (unpaired) electrons. The van der Waals surface area contributed by atoms with Crippen molar-refractivity contribution in [2.24, 2.45) is 11.8 Å². The first kappa shape index (κ1) is 4.29. The summed E-state index contributed by atoms with van der Waals surface area (Å²) in [5, 5.41) is 3.52. The topological polar surface area (TPSA) is 12.0 Å². The van der Waals surface area contributed by atoms with Crippen molar-refractivity contribution < 1.29 is 0 Å². The normalized spacial score (nSPS) is 57.8. The Kier molecular flexibility index (Phi) is 0.544. The Hall–Kier alpha value is -0.560. The largest absolute Gasteiger partial charge is 0.303 e. The van der Waals surface area contributed by atoms with Gasteiger partial charge in [0, 0.05) is 23.9 Å². The third-order valence-corrected chi connectivity index (χ3v) is 2.60. The van der Waals surface area contributed by atoms with Crippen LogP contribution in [-0.4, -0.2) is 12.1 Å². The van der Waals surface area contributed by atoms with Gasteiger partial charge in [0.15, 0.2) is 0 Å². The van der Waals surface area contributed by atoms with Gasteiger partial charge in [-0.15, -0.1) is 0 Å². The molecule has 1 aliphatic carbocycles. The van der Waals surface area contributed by atoms with Crippen LogP contribution >= 0.6 is 0 Å². The SMILES string of the molecule is C1=CC2C3C=CC1NC23. The quantitative estimate of drug-likeness (QED) is 0.463. The zero-order valence-corrected chi connectivity index (χ0v) is 5.12. The monoisotopic (exact) mass is 119 g/mol. The maximum absolute atomic E-state index is 3.52. The van der Waals surface area contributed by atoms with Crippen LogP contribution in [0.15, 0.2) is 24.3 Å². The average Bonchev–Trinajstić information content (AvgIpc) is 2.62. The molecule has 46 valence electrons. The number of fused-ring (bicyclic) bond motifs is 2. The summed E-state index contributed by atoms with van der Waals surface area (Å²) in [5.41, 5.74) is 0. The van der Waals surface area contributed by atoms with E-state index in [4.69, 9.17) is 0 Å². The van der Waals surface area contributed by atoms with Crippen molar-refractivity contribution in [2.75, 3.05) is 0 Å². The van der Waals surface area contributed by atoms with E-state index >= 15 is 0 Å². The summed E-state index contributed by atoms with van der Waals surface area (Å²) < 4.78 is 0. The van der Waals surface area contributed by atoms with E-state index in [0.29, 0.717) is 6.04 Å². The number of nitrogens with one attached hydrogen (secondary N) is 1. The van der Waals surface area contributed by atoms with Gasteiger partial charge in [-0.25, -0.2) is 0 Å². The fourth-order valence-corrected chi connectivity index (χ4v) is 1.97. The molecule has 1 saturated carbocycles. The highest BCUT2D eigenvalue weighted by Gasteiger charge is 2.50. The summed E-state index contributed by atoms with van der Waals surface area (Å²) in [6.45, 7) is 0. The second kappa shape index (κ2) is 1.14. The zero-order valence-electron chi connectivity index (χ0n) is 5.12. The Morgan fingerprint density at radius 2 is 1.56 bits per heavy atom. The number of hydrogen-bond acceptors (Lipinski definition) is 1. The molecule has 0 aromatic carbocycles. The highest BCUT2D eigenvalue weighted by atomic mass is 15.0. The molecule has 2 aliphatic heterocycles. The predicted molar refractivity (Wildman–Crippen MR) is 36.0 cm³/mol. The van der Waals surface area contributed by atoms with Crippen LogP contribution in [0.3, 0.4) is 0 Å². The van der Waals surface area contributed by atoms with E-state index in [1.54, 1.807) is 0 Å². The van der Waals surface area contributed by atoms with E-state index in [-0.39, 0.29) is 0 Å². The summed E-state index contributed by atoms with van der Waals surface area (Å²) in [4.78, 5) is 0. The van der Waals surface area contributed by atoms with Crippen LogP contribution in [0.25, 0.3) is 0 Å². The minimum Gasteiger partial charge on any atom is -0.303 e. The standard InChI is InChI=1S/C8H9N/c1-3-6-7-4-2-5(1)9-8(6)7/h1-9H. The molecule has 2 atom stereocenters. The minimum atomic E-state index is 0.560. The minimum absolute atomic E-state index is 0.560. The van der Waals surface area contributed by atoms with Crippen LogP contribution < -0.4 is 5.32 Å². The second-order valence-corrected chi connectivity index (χ2v) is 3.14. The molecule has 1 fully saturated rings. The summed E-state index contributed by atoms with van der Waals surface area (Å²) in [6.07, 6.45) is 9.25. The van der Waals surface area contributed by atoms with E-state index < -0.39 is 0 Å². The first-order chi connectivity index (χ1) is 4.45. The van der Waals surface area contributed by atoms with E-state index in [9.17, 15) is 0 Å². The van der Waals surface area contributed by atoms with E-state index in [1.807, 2.05) is 0 Å². The van der Waals surface area contributed by atoms with Gasteiger partial charge in [-0.05, 0) is 0 Å². The van der Waals surface area contributed by atoms with Crippen LogP contribution in [0, 0.1) is 11.8 Å². The van der Waals surface area contributed by atoms with E-state index in [2.05, 4.69) is 29.6 Å². The first-order valence-electron chi connectivity index (χ1n) is 3.58. The highest BCUT2D eigenvalue weighted by molar-refractivity contribution is 5.32. The highest BCUT2D eigenvalue weighted by Crippen LogP contribution is 2.46. The molecule has 2 unspecified atom stereocenters. The van der Waals surface area contributed by atoms with Gasteiger partial charge in [0.25, 0.3) is 0 Å². The van der Waals surface area contributed by atoms with Crippen molar-refractivity contribution in [2.45, 2.75) is 12.1 Å². The van der Waals surface area contributed by atoms with E-state index in [0.717, 1.165) is 17.9 Å². The summed E-state index contributed by atoms with van der Waals surface area (Å²) in [5.74, 6) is 1.69. The van der Waals surface area contributed by atoms with Gasteiger partial charge < -0.3 is 5.32 Å². The van der Waals surface area contributed by atoms with Crippen molar-refractivity contribution in [1.82, 2.24) is 5.32 Å². The smallest absolute Gasteiger partial charge is 0.0438 e. The first-order valence-corrected chi connectivity index (χ1v) is 3.58. The van der Waals surface area contributed by atoms with Crippen molar-refractivity contribution in [3.05, 3.63) is 24.3 Å². The Morgan fingerprint density at radius 3 is 2.11 bits per heavy atom. The molecule has 0 saturated heterocycles. The maximum Gasteiger partial charge on any atom is 0.0438 e.